The molecule has 15 heavy (non-hydrogen) atoms. The normalized spacial score (nSPS) is 10.9. The maximum atomic E-state index is 4.38. The van der Waals surface area contributed by atoms with Gasteiger partial charge in [-0.1, -0.05) is 11.6 Å². The molecule has 1 heterocycles. The van der Waals surface area contributed by atoms with Crippen molar-refractivity contribution < 1.29 is 0 Å². The summed E-state index contributed by atoms with van der Waals surface area (Å²) in [6.45, 7) is 8.40. The molecular weight excluding hydrogens is 186 g/mol. The first-order valence-corrected chi connectivity index (χ1v) is 5.46. The zero-order valence-corrected chi connectivity index (χ0v) is 9.54. The maximum Gasteiger partial charge on any atom is 0.158 e. The minimum absolute atomic E-state index is 0.990. The van der Waals surface area contributed by atoms with E-state index < -0.39 is 0 Å². The number of aromatic nitrogens is 2. The molecule has 1 aromatic carbocycles. The summed E-state index contributed by atoms with van der Waals surface area (Å²) in [6.07, 6.45) is 0. The van der Waals surface area contributed by atoms with Crippen molar-refractivity contribution in [2.75, 3.05) is 18.0 Å². The Kier molecular flexibility index (Phi) is 2.62. The van der Waals surface area contributed by atoms with Crippen molar-refractivity contribution in [1.29, 1.82) is 0 Å². The van der Waals surface area contributed by atoms with Crippen LogP contribution in [0, 0.1) is 6.92 Å². The van der Waals surface area contributed by atoms with Gasteiger partial charge in [-0.3, -0.25) is 5.10 Å². The zero-order chi connectivity index (χ0) is 10.8. The second-order valence-corrected chi connectivity index (χ2v) is 3.77. The molecule has 0 saturated carbocycles. The highest BCUT2D eigenvalue weighted by Crippen LogP contribution is 2.24. The standard InChI is InChI=1S/C12H17N3/c1-4-15(5-2)12-10-8-9(3)6-7-11(10)13-14-12/h6-8H,4-5H2,1-3H3,(H,13,14). The number of rotatable bonds is 3. The van der Waals surface area contributed by atoms with E-state index in [1.165, 1.54) is 10.9 Å². The van der Waals surface area contributed by atoms with Crippen molar-refractivity contribution in [1.82, 2.24) is 10.2 Å². The second-order valence-electron chi connectivity index (χ2n) is 3.77. The first kappa shape index (κ1) is 10.0. The van der Waals surface area contributed by atoms with Gasteiger partial charge in [-0.2, -0.15) is 5.10 Å². The summed E-state index contributed by atoms with van der Waals surface area (Å²) >= 11 is 0. The highest BCUT2D eigenvalue weighted by molar-refractivity contribution is 5.90. The number of nitrogens with one attached hydrogen (secondary N) is 1. The van der Waals surface area contributed by atoms with Crippen LogP contribution < -0.4 is 4.90 Å². The number of aromatic amines is 1. The summed E-state index contributed by atoms with van der Waals surface area (Å²) < 4.78 is 0. The van der Waals surface area contributed by atoms with E-state index in [1.54, 1.807) is 0 Å². The third-order valence-corrected chi connectivity index (χ3v) is 2.76. The van der Waals surface area contributed by atoms with Crippen molar-refractivity contribution in [2.45, 2.75) is 20.8 Å². The summed E-state index contributed by atoms with van der Waals surface area (Å²) in [4.78, 5) is 2.26. The minimum atomic E-state index is 0.990. The van der Waals surface area contributed by atoms with Crippen LogP contribution in [0.15, 0.2) is 18.2 Å². The van der Waals surface area contributed by atoms with Crippen LogP contribution in [0.25, 0.3) is 10.9 Å². The van der Waals surface area contributed by atoms with E-state index in [2.05, 4.69) is 54.1 Å². The summed E-state index contributed by atoms with van der Waals surface area (Å²) in [5.74, 6) is 1.07. The molecule has 1 N–H and O–H groups in total. The molecule has 0 aliphatic rings. The molecule has 3 nitrogen and oxygen atoms in total. The fourth-order valence-electron chi connectivity index (χ4n) is 1.88. The van der Waals surface area contributed by atoms with E-state index in [9.17, 15) is 0 Å². The molecule has 0 radical (unpaired) electrons. The number of fused-ring (bicyclic) bond motifs is 1. The Labute approximate surface area is 90.1 Å². The van der Waals surface area contributed by atoms with Gasteiger partial charge in [0.2, 0.25) is 0 Å². The lowest BCUT2D eigenvalue weighted by atomic mass is 10.1. The molecule has 80 valence electrons. The molecule has 0 aliphatic heterocycles. The van der Waals surface area contributed by atoms with Crippen LogP contribution in [0.4, 0.5) is 5.82 Å². The molecule has 0 spiro atoms. The molecule has 0 fully saturated rings. The average Bonchev–Trinajstić information content (AvgIpc) is 2.64. The Morgan fingerprint density at radius 2 is 2.00 bits per heavy atom. The number of hydrogen-bond donors (Lipinski definition) is 1. The molecule has 3 heteroatoms. The molecule has 0 atom stereocenters. The van der Waals surface area contributed by atoms with E-state index in [0.717, 1.165) is 24.4 Å². The summed E-state index contributed by atoms with van der Waals surface area (Å²) in [6, 6.07) is 6.38. The smallest absolute Gasteiger partial charge is 0.158 e. The summed E-state index contributed by atoms with van der Waals surface area (Å²) in [7, 11) is 0. The minimum Gasteiger partial charge on any atom is -0.355 e. The molecule has 2 rings (SSSR count). The van der Waals surface area contributed by atoms with Gasteiger partial charge in [0.25, 0.3) is 0 Å². The lowest BCUT2D eigenvalue weighted by molar-refractivity contribution is 0.843. The molecular formula is C12H17N3. The Bertz CT molecular complexity index is 455. The summed E-state index contributed by atoms with van der Waals surface area (Å²) in [5, 5.41) is 8.67. The van der Waals surface area contributed by atoms with Crippen molar-refractivity contribution in [3.8, 4) is 0 Å². The Hall–Kier alpha value is -1.51. The summed E-state index contributed by atoms with van der Waals surface area (Å²) in [5.41, 5.74) is 2.39. The van der Waals surface area contributed by atoms with Crippen LogP contribution in [-0.4, -0.2) is 23.3 Å². The molecule has 0 saturated heterocycles. The number of hydrogen-bond acceptors (Lipinski definition) is 2. The van der Waals surface area contributed by atoms with Crippen molar-refractivity contribution >= 4 is 16.7 Å². The third kappa shape index (κ3) is 1.69. The molecule has 0 unspecified atom stereocenters. The van der Waals surface area contributed by atoms with Crippen LogP contribution in [0.3, 0.4) is 0 Å². The van der Waals surface area contributed by atoms with Crippen LogP contribution >= 0.6 is 0 Å². The van der Waals surface area contributed by atoms with Gasteiger partial charge in [0, 0.05) is 18.5 Å². The fraction of sp³-hybridized carbons (Fsp3) is 0.417. The zero-order valence-electron chi connectivity index (χ0n) is 9.54. The van der Waals surface area contributed by atoms with Crippen molar-refractivity contribution in [2.24, 2.45) is 0 Å². The highest BCUT2D eigenvalue weighted by Gasteiger charge is 2.10. The maximum absolute atomic E-state index is 4.38. The van der Waals surface area contributed by atoms with Gasteiger partial charge in [-0.05, 0) is 32.9 Å². The molecule has 0 bridgehead atoms. The fourth-order valence-corrected chi connectivity index (χ4v) is 1.88. The van der Waals surface area contributed by atoms with E-state index >= 15 is 0 Å². The van der Waals surface area contributed by atoms with Crippen molar-refractivity contribution in [3.63, 3.8) is 0 Å². The third-order valence-electron chi connectivity index (χ3n) is 2.76. The van der Waals surface area contributed by atoms with Crippen LogP contribution in [0.2, 0.25) is 0 Å². The van der Waals surface area contributed by atoms with Gasteiger partial charge in [-0.25, -0.2) is 0 Å². The van der Waals surface area contributed by atoms with Gasteiger partial charge in [0.1, 0.15) is 0 Å². The Morgan fingerprint density at radius 3 is 2.67 bits per heavy atom. The van der Waals surface area contributed by atoms with Gasteiger partial charge >= 0.3 is 0 Å². The predicted molar refractivity (Wildman–Crippen MR) is 64.4 cm³/mol. The molecule has 0 aliphatic carbocycles. The number of nitrogens with zero attached hydrogens (tertiary/aromatic N) is 2. The topological polar surface area (TPSA) is 31.9 Å². The Balaban J connectivity index is 2.55. The van der Waals surface area contributed by atoms with Gasteiger partial charge < -0.3 is 4.90 Å². The second kappa shape index (κ2) is 3.93. The van der Waals surface area contributed by atoms with Crippen LogP contribution in [-0.2, 0) is 0 Å². The van der Waals surface area contributed by atoms with Crippen LogP contribution in [0.5, 0.6) is 0 Å². The first-order chi connectivity index (χ1) is 7.26. The van der Waals surface area contributed by atoms with E-state index in [0.29, 0.717) is 0 Å². The average molecular weight is 203 g/mol. The molecule has 1 aromatic heterocycles. The van der Waals surface area contributed by atoms with E-state index in [1.807, 2.05) is 0 Å². The quantitative estimate of drug-likeness (QED) is 0.831. The SMILES string of the molecule is CCN(CC)c1n[nH]c2ccc(C)cc12. The monoisotopic (exact) mass is 203 g/mol. The lowest BCUT2D eigenvalue weighted by Crippen LogP contribution is -2.22. The number of anilines is 1. The van der Waals surface area contributed by atoms with Gasteiger partial charge in [0.15, 0.2) is 5.82 Å². The molecule has 0 amide bonds. The highest BCUT2D eigenvalue weighted by atomic mass is 15.3. The van der Waals surface area contributed by atoms with E-state index in [4.69, 9.17) is 0 Å². The van der Waals surface area contributed by atoms with E-state index in [-0.39, 0.29) is 0 Å². The number of benzene rings is 1. The van der Waals surface area contributed by atoms with Crippen LogP contribution in [0.1, 0.15) is 19.4 Å². The first-order valence-electron chi connectivity index (χ1n) is 5.46. The largest absolute Gasteiger partial charge is 0.355 e. The number of H-pyrrole nitrogens is 1. The van der Waals surface area contributed by atoms with Crippen molar-refractivity contribution in [3.05, 3.63) is 23.8 Å². The van der Waals surface area contributed by atoms with Gasteiger partial charge in [0.05, 0.1) is 5.52 Å². The molecule has 2 aromatic rings. The van der Waals surface area contributed by atoms with Gasteiger partial charge in [-0.15, -0.1) is 0 Å². The lowest BCUT2D eigenvalue weighted by Gasteiger charge is -2.17. The number of aryl methyl sites for hydroxylation is 1. The Morgan fingerprint density at radius 1 is 1.27 bits per heavy atom. The predicted octanol–water partition coefficient (Wildman–Crippen LogP) is 2.72.